The Bertz CT molecular complexity index is 2500. The van der Waals surface area contributed by atoms with Crippen LogP contribution in [0.1, 0.15) is 0 Å². The van der Waals surface area contributed by atoms with E-state index >= 15 is 0 Å². The highest BCUT2D eigenvalue weighted by atomic mass is 16.3. The van der Waals surface area contributed by atoms with Crippen LogP contribution in [0.3, 0.4) is 0 Å². The molecule has 7 aromatic carbocycles. The largest absolute Gasteiger partial charge is 0.456 e. The Morgan fingerprint density at radius 3 is 1.23 bits per heavy atom. The van der Waals surface area contributed by atoms with Crippen LogP contribution in [0.4, 0.5) is 0 Å². The molecule has 0 saturated heterocycles. The number of hydrogen-bond acceptors (Lipinski definition) is 4. The van der Waals surface area contributed by atoms with Crippen molar-refractivity contribution >= 4 is 32.7 Å². The zero-order valence-corrected chi connectivity index (χ0v) is 25.3. The topological polar surface area (TPSA) is 51.8 Å². The minimum absolute atomic E-state index is 0.603. The summed E-state index contributed by atoms with van der Waals surface area (Å²) in [5.74, 6) is 1.87. The van der Waals surface area contributed by atoms with E-state index in [0.29, 0.717) is 17.5 Å². The summed E-state index contributed by atoms with van der Waals surface area (Å²) in [5, 5.41) is 4.57. The second-order valence-electron chi connectivity index (χ2n) is 11.6. The molecule has 9 aromatic rings. The SMILES string of the molecule is c1ccc(-c2nc(-c3ccccc3)nc(-c3ccc4c(c3)oc3cc(-c5ccc(-c6ccccc6)c6ccccc56)ccc34)n2)cc1. The molecule has 0 saturated carbocycles. The Morgan fingerprint density at radius 1 is 0.298 bits per heavy atom. The lowest BCUT2D eigenvalue weighted by molar-refractivity contribution is 0.669. The van der Waals surface area contributed by atoms with Crippen LogP contribution in [-0.2, 0) is 0 Å². The summed E-state index contributed by atoms with van der Waals surface area (Å²) in [7, 11) is 0. The van der Waals surface area contributed by atoms with Crippen molar-refractivity contribution in [3.63, 3.8) is 0 Å². The molecule has 2 heterocycles. The average Bonchev–Trinajstić information content (AvgIpc) is 3.52. The first-order valence-electron chi connectivity index (χ1n) is 15.7. The van der Waals surface area contributed by atoms with Crippen LogP contribution in [-0.4, -0.2) is 15.0 Å². The van der Waals surface area contributed by atoms with Gasteiger partial charge in [-0.1, -0.05) is 140 Å². The van der Waals surface area contributed by atoms with Crippen LogP contribution in [0.5, 0.6) is 0 Å². The third-order valence-corrected chi connectivity index (χ3v) is 8.75. The molecule has 4 heteroatoms. The average molecular weight is 602 g/mol. The Morgan fingerprint density at radius 2 is 0.702 bits per heavy atom. The summed E-state index contributed by atoms with van der Waals surface area (Å²) in [4.78, 5) is 14.6. The standard InChI is InChI=1S/C43H27N3O/c1-4-12-28(13-5-1)33-24-25-34(36-19-11-10-18-35(33)36)31-20-22-37-38-23-21-32(27-40(38)47-39(37)26-31)43-45-41(29-14-6-2-7-15-29)44-42(46-43)30-16-8-3-9-17-30/h1-27H. The van der Waals surface area contributed by atoms with Crippen molar-refractivity contribution in [2.45, 2.75) is 0 Å². The van der Waals surface area contributed by atoms with Crippen LogP contribution in [0.25, 0.3) is 89.1 Å². The lowest BCUT2D eigenvalue weighted by atomic mass is 9.92. The van der Waals surface area contributed by atoms with Gasteiger partial charge in [0.2, 0.25) is 0 Å². The highest BCUT2D eigenvalue weighted by Gasteiger charge is 2.16. The number of furan rings is 1. The van der Waals surface area contributed by atoms with Crippen LogP contribution in [0.15, 0.2) is 168 Å². The van der Waals surface area contributed by atoms with E-state index < -0.39 is 0 Å². The molecule has 4 nitrogen and oxygen atoms in total. The van der Waals surface area contributed by atoms with Gasteiger partial charge in [0, 0.05) is 27.5 Å². The number of fused-ring (bicyclic) bond motifs is 4. The fourth-order valence-electron chi connectivity index (χ4n) is 6.44. The van der Waals surface area contributed by atoms with Crippen LogP contribution < -0.4 is 0 Å². The molecule has 9 rings (SSSR count). The Labute approximate surface area is 271 Å². The normalized spacial score (nSPS) is 11.4. The fourth-order valence-corrected chi connectivity index (χ4v) is 6.44. The number of nitrogens with zero attached hydrogens (tertiary/aromatic N) is 3. The van der Waals surface area contributed by atoms with Gasteiger partial charge in [0.25, 0.3) is 0 Å². The van der Waals surface area contributed by atoms with Gasteiger partial charge in [-0.15, -0.1) is 0 Å². The second-order valence-corrected chi connectivity index (χ2v) is 11.6. The lowest BCUT2D eigenvalue weighted by Crippen LogP contribution is -2.00. The maximum absolute atomic E-state index is 6.54. The van der Waals surface area contributed by atoms with Gasteiger partial charge in [0.05, 0.1) is 0 Å². The molecule has 0 N–H and O–H groups in total. The minimum atomic E-state index is 0.603. The Kier molecular flexibility index (Phi) is 6.43. The van der Waals surface area contributed by atoms with Gasteiger partial charge in [-0.2, -0.15) is 0 Å². The van der Waals surface area contributed by atoms with Gasteiger partial charge in [0.1, 0.15) is 11.2 Å². The van der Waals surface area contributed by atoms with Crippen molar-refractivity contribution < 1.29 is 4.42 Å². The van der Waals surface area contributed by atoms with E-state index in [1.807, 2.05) is 66.7 Å². The van der Waals surface area contributed by atoms with Crippen molar-refractivity contribution in [3.05, 3.63) is 164 Å². The monoisotopic (exact) mass is 601 g/mol. The smallest absolute Gasteiger partial charge is 0.164 e. The maximum Gasteiger partial charge on any atom is 0.164 e. The molecule has 0 radical (unpaired) electrons. The highest BCUT2D eigenvalue weighted by molar-refractivity contribution is 6.09. The molecule has 220 valence electrons. The van der Waals surface area contributed by atoms with Crippen molar-refractivity contribution in [2.24, 2.45) is 0 Å². The molecule has 0 aliphatic heterocycles. The molecule has 0 bridgehead atoms. The predicted octanol–water partition coefficient (Wildman–Crippen LogP) is 11.3. The van der Waals surface area contributed by atoms with E-state index in [2.05, 4.69) is 97.1 Å². The third kappa shape index (κ3) is 4.84. The fraction of sp³-hybridized carbons (Fsp3) is 0. The summed E-state index contributed by atoms with van der Waals surface area (Å²) in [5.41, 5.74) is 9.12. The van der Waals surface area contributed by atoms with Crippen molar-refractivity contribution in [2.75, 3.05) is 0 Å². The zero-order chi connectivity index (χ0) is 31.2. The molecular formula is C43H27N3O. The Balaban J connectivity index is 1.15. The molecule has 0 aliphatic carbocycles. The number of aromatic nitrogens is 3. The molecule has 0 unspecified atom stereocenters. The highest BCUT2D eigenvalue weighted by Crippen LogP contribution is 2.39. The van der Waals surface area contributed by atoms with E-state index in [1.165, 1.54) is 27.5 Å². The molecule has 47 heavy (non-hydrogen) atoms. The zero-order valence-electron chi connectivity index (χ0n) is 25.3. The summed E-state index contributed by atoms with van der Waals surface area (Å²) >= 11 is 0. The van der Waals surface area contributed by atoms with E-state index in [0.717, 1.165) is 44.2 Å². The molecule has 0 fully saturated rings. The first kappa shape index (κ1) is 27.0. The summed E-state index contributed by atoms with van der Waals surface area (Å²) in [6, 6.07) is 56.4. The van der Waals surface area contributed by atoms with Gasteiger partial charge in [-0.05, 0) is 57.3 Å². The molecule has 2 aromatic heterocycles. The van der Waals surface area contributed by atoms with E-state index in [-0.39, 0.29) is 0 Å². The van der Waals surface area contributed by atoms with Crippen LogP contribution in [0, 0.1) is 0 Å². The second kappa shape index (κ2) is 11.2. The van der Waals surface area contributed by atoms with Gasteiger partial charge < -0.3 is 4.42 Å². The predicted molar refractivity (Wildman–Crippen MR) is 192 cm³/mol. The summed E-state index contributed by atoms with van der Waals surface area (Å²) in [6.07, 6.45) is 0. The number of hydrogen-bond donors (Lipinski definition) is 0. The van der Waals surface area contributed by atoms with Gasteiger partial charge in [0.15, 0.2) is 17.5 Å². The van der Waals surface area contributed by atoms with E-state index in [9.17, 15) is 0 Å². The van der Waals surface area contributed by atoms with Crippen molar-refractivity contribution in [1.29, 1.82) is 0 Å². The molecule has 0 spiro atoms. The maximum atomic E-state index is 6.54. The van der Waals surface area contributed by atoms with Crippen LogP contribution >= 0.6 is 0 Å². The number of benzene rings is 7. The first-order valence-corrected chi connectivity index (χ1v) is 15.7. The minimum Gasteiger partial charge on any atom is -0.456 e. The lowest BCUT2D eigenvalue weighted by Gasteiger charge is -2.12. The summed E-state index contributed by atoms with van der Waals surface area (Å²) in [6.45, 7) is 0. The van der Waals surface area contributed by atoms with E-state index in [4.69, 9.17) is 19.4 Å². The molecule has 0 aliphatic rings. The first-order chi connectivity index (χ1) is 23.3. The van der Waals surface area contributed by atoms with Gasteiger partial charge in [-0.3, -0.25) is 0 Å². The van der Waals surface area contributed by atoms with Crippen LogP contribution in [0.2, 0.25) is 0 Å². The Hall–Kier alpha value is -6.39. The summed E-state index contributed by atoms with van der Waals surface area (Å²) < 4.78 is 6.54. The van der Waals surface area contributed by atoms with Gasteiger partial charge >= 0.3 is 0 Å². The van der Waals surface area contributed by atoms with E-state index in [1.54, 1.807) is 0 Å². The van der Waals surface area contributed by atoms with Crippen molar-refractivity contribution in [1.82, 2.24) is 15.0 Å². The molecule has 0 atom stereocenters. The van der Waals surface area contributed by atoms with Gasteiger partial charge in [-0.25, -0.2) is 15.0 Å². The molecular weight excluding hydrogens is 574 g/mol. The number of rotatable bonds is 5. The van der Waals surface area contributed by atoms with Crippen molar-refractivity contribution in [3.8, 4) is 56.4 Å². The molecule has 0 amide bonds. The third-order valence-electron chi connectivity index (χ3n) is 8.75. The quantitative estimate of drug-likeness (QED) is 0.197.